The van der Waals surface area contributed by atoms with Gasteiger partial charge in [0, 0.05) is 25.8 Å². The zero-order chi connectivity index (χ0) is 23.8. The largest absolute Gasteiger partial charge is 0.493 e. The van der Waals surface area contributed by atoms with E-state index in [4.69, 9.17) is 14.2 Å². The fourth-order valence-electron chi connectivity index (χ4n) is 3.49. The van der Waals surface area contributed by atoms with Crippen LogP contribution in [0.3, 0.4) is 0 Å². The second-order valence-corrected chi connectivity index (χ2v) is 7.46. The van der Waals surface area contributed by atoms with E-state index in [1.807, 2.05) is 36.4 Å². The quantitative estimate of drug-likeness (QED) is 0.330. The van der Waals surface area contributed by atoms with Crippen molar-refractivity contribution in [3.8, 4) is 17.6 Å². The highest BCUT2D eigenvalue weighted by atomic mass is 16.5. The van der Waals surface area contributed by atoms with Gasteiger partial charge in [0.25, 0.3) is 11.8 Å². The number of nitriles is 1. The number of imide groups is 1. The van der Waals surface area contributed by atoms with Crippen LogP contribution < -0.4 is 9.47 Å². The maximum atomic E-state index is 13.1. The van der Waals surface area contributed by atoms with Crippen LogP contribution in [0.1, 0.15) is 24.5 Å². The van der Waals surface area contributed by atoms with Gasteiger partial charge in [-0.15, -0.1) is 0 Å². The summed E-state index contributed by atoms with van der Waals surface area (Å²) in [7, 11) is 3.10. The summed E-state index contributed by atoms with van der Waals surface area (Å²) < 4.78 is 16.4. The first-order valence-corrected chi connectivity index (χ1v) is 10.5. The molecule has 7 nitrogen and oxygen atoms in total. The Morgan fingerprint density at radius 2 is 1.79 bits per heavy atom. The zero-order valence-electron chi connectivity index (χ0n) is 19.0. The second kappa shape index (κ2) is 11.1. The van der Waals surface area contributed by atoms with E-state index in [0.717, 1.165) is 10.5 Å². The molecule has 0 bridgehead atoms. The number of benzene rings is 2. The van der Waals surface area contributed by atoms with Crippen LogP contribution in [0.5, 0.6) is 11.5 Å². The van der Waals surface area contributed by atoms with Crippen LogP contribution in [0, 0.1) is 11.3 Å². The van der Waals surface area contributed by atoms with Crippen molar-refractivity contribution in [3.05, 3.63) is 76.4 Å². The Morgan fingerprint density at radius 1 is 1.03 bits per heavy atom. The maximum absolute atomic E-state index is 13.1. The molecule has 33 heavy (non-hydrogen) atoms. The molecule has 2 aromatic rings. The van der Waals surface area contributed by atoms with Gasteiger partial charge in [-0.05, 0) is 48.3 Å². The van der Waals surface area contributed by atoms with Crippen LogP contribution in [0.4, 0.5) is 0 Å². The Bertz CT molecular complexity index is 1130. The number of nitrogens with zero attached hydrogens (tertiary/aromatic N) is 2. The third-order valence-corrected chi connectivity index (χ3v) is 5.29. The second-order valence-electron chi connectivity index (χ2n) is 7.46. The van der Waals surface area contributed by atoms with Crippen molar-refractivity contribution in [1.82, 2.24) is 4.90 Å². The predicted molar refractivity (Wildman–Crippen MR) is 123 cm³/mol. The number of carbonyl (C=O) groups excluding carboxylic acids is 2. The van der Waals surface area contributed by atoms with Crippen molar-refractivity contribution in [2.45, 2.75) is 20.0 Å². The monoisotopic (exact) mass is 446 g/mol. The summed E-state index contributed by atoms with van der Waals surface area (Å²) in [6.07, 6.45) is 2.15. The maximum Gasteiger partial charge on any atom is 0.271 e. The highest BCUT2D eigenvalue weighted by molar-refractivity contribution is 6.19. The summed E-state index contributed by atoms with van der Waals surface area (Å²) >= 11 is 0. The van der Waals surface area contributed by atoms with Gasteiger partial charge in [-0.1, -0.05) is 36.4 Å². The van der Waals surface area contributed by atoms with Crippen LogP contribution in [0.15, 0.2) is 65.3 Å². The summed E-state index contributed by atoms with van der Waals surface area (Å²) in [6.45, 7) is 2.59. The number of ether oxygens (including phenoxy) is 3. The van der Waals surface area contributed by atoms with Crippen molar-refractivity contribution in [2.75, 3.05) is 27.4 Å². The molecule has 0 fully saturated rings. The van der Waals surface area contributed by atoms with Gasteiger partial charge in [-0.25, -0.2) is 0 Å². The molecular weight excluding hydrogens is 420 g/mol. The molecule has 7 heteroatoms. The van der Waals surface area contributed by atoms with E-state index in [1.54, 1.807) is 45.4 Å². The molecular formula is C26H26N2O5. The van der Waals surface area contributed by atoms with Gasteiger partial charge >= 0.3 is 0 Å². The molecule has 0 atom stereocenters. The van der Waals surface area contributed by atoms with E-state index < -0.39 is 11.8 Å². The summed E-state index contributed by atoms with van der Waals surface area (Å²) in [5, 5.41) is 9.51. The molecule has 0 aliphatic carbocycles. The molecule has 0 aromatic heterocycles. The standard InChI is InChI=1S/C26H26N2O5/c1-18-21(25(29)28(12-7-13-31-2)26(30)22(18)16-27)14-20-10-11-23(24(15-20)32-3)33-17-19-8-5-4-6-9-19/h4-6,8-11,14-15H,7,12-13,17H2,1-3H3/b21-14+. The van der Waals surface area contributed by atoms with Gasteiger partial charge in [0.1, 0.15) is 18.2 Å². The number of amides is 2. The summed E-state index contributed by atoms with van der Waals surface area (Å²) in [6, 6.07) is 17.1. The van der Waals surface area contributed by atoms with Gasteiger partial charge in [-0.2, -0.15) is 5.26 Å². The van der Waals surface area contributed by atoms with Crippen molar-refractivity contribution in [1.29, 1.82) is 5.26 Å². The molecule has 0 N–H and O–H groups in total. The average molecular weight is 447 g/mol. The minimum atomic E-state index is -0.574. The Labute approximate surface area is 193 Å². The molecule has 0 saturated heterocycles. The lowest BCUT2D eigenvalue weighted by Gasteiger charge is -2.27. The van der Waals surface area contributed by atoms with Crippen LogP contribution in [-0.2, 0) is 20.9 Å². The third kappa shape index (κ3) is 5.48. The SMILES string of the molecule is COCCCN1C(=O)C(C#N)=C(C)/C(=C\c2ccc(OCc3ccccc3)c(OC)c2)C1=O. The highest BCUT2D eigenvalue weighted by Crippen LogP contribution is 2.32. The van der Waals surface area contributed by atoms with Gasteiger partial charge in [-0.3, -0.25) is 14.5 Å². The van der Waals surface area contributed by atoms with Gasteiger partial charge < -0.3 is 14.2 Å². The molecule has 0 spiro atoms. The minimum Gasteiger partial charge on any atom is -0.493 e. The van der Waals surface area contributed by atoms with Gasteiger partial charge in [0.15, 0.2) is 11.5 Å². The van der Waals surface area contributed by atoms with Gasteiger partial charge in [0.05, 0.1) is 7.11 Å². The summed E-state index contributed by atoms with van der Waals surface area (Å²) in [5.74, 6) is 0.0741. The highest BCUT2D eigenvalue weighted by Gasteiger charge is 2.35. The number of hydrogen-bond acceptors (Lipinski definition) is 6. The van der Waals surface area contributed by atoms with Crippen molar-refractivity contribution >= 4 is 17.9 Å². The molecule has 1 heterocycles. The lowest BCUT2D eigenvalue weighted by Crippen LogP contribution is -2.43. The van der Waals surface area contributed by atoms with Crippen LogP contribution in [0.2, 0.25) is 0 Å². The first-order valence-electron chi connectivity index (χ1n) is 10.5. The van der Waals surface area contributed by atoms with E-state index >= 15 is 0 Å². The fourth-order valence-corrected chi connectivity index (χ4v) is 3.49. The number of hydrogen-bond donors (Lipinski definition) is 0. The van der Waals surface area contributed by atoms with E-state index in [1.165, 1.54) is 0 Å². The lowest BCUT2D eigenvalue weighted by atomic mass is 9.93. The Morgan fingerprint density at radius 3 is 2.45 bits per heavy atom. The molecule has 2 aromatic carbocycles. The zero-order valence-corrected chi connectivity index (χ0v) is 19.0. The molecule has 170 valence electrons. The van der Waals surface area contributed by atoms with Crippen LogP contribution >= 0.6 is 0 Å². The van der Waals surface area contributed by atoms with E-state index in [2.05, 4.69) is 0 Å². The average Bonchev–Trinajstić information content (AvgIpc) is 2.84. The Hall–Kier alpha value is -3.89. The van der Waals surface area contributed by atoms with E-state index in [0.29, 0.717) is 47.8 Å². The van der Waals surface area contributed by atoms with Crippen LogP contribution in [-0.4, -0.2) is 44.1 Å². The molecule has 0 radical (unpaired) electrons. The normalized spacial score (nSPS) is 15.1. The van der Waals surface area contributed by atoms with Gasteiger partial charge in [0.2, 0.25) is 0 Å². The summed E-state index contributed by atoms with van der Waals surface area (Å²) in [5.41, 5.74) is 2.34. The molecule has 1 aliphatic rings. The first kappa shape index (κ1) is 23.8. The first-order chi connectivity index (χ1) is 16.0. The third-order valence-electron chi connectivity index (χ3n) is 5.29. The Balaban J connectivity index is 1.89. The number of carbonyl (C=O) groups is 2. The predicted octanol–water partition coefficient (Wildman–Crippen LogP) is 3.90. The Kier molecular flexibility index (Phi) is 8.01. The fraction of sp³-hybridized carbons (Fsp3) is 0.269. The molecule has 3 rings (SSSR count). The molecule has 0 unspecified atom stereocenters. The minimum absolute atomic E-state index is 0.0342. The van der Waals surface area contributed by atoms with Crippen molar-refractivity contribution < 1.29 is 23.8 Å². The van der Waals surface area contributed by atoms with Crippen molar-refractivity contribution in [2.24, 2.45) is 0 Å². The van der Waals surface area contributed by atoms with Crippen LogP contribution in [0.25, 0.3) is 6.08 Å². The van der Waals surface area contributed by atoms with E-state index in [9.17, 15) is 14.9 Å². The number of methoxy groups -OCH3 is 2. The molecule has 1 aliphatic heterocycles. The lowest BCUT2D eigenvalue weighted by molar-refractivity contribution is -0.140. The number of rotatable bonds is 9. The van der Waals surface area contributed by atoms with E-state index in [-0.39, 0.29) is 12.1 Å². The summed E-state index contributed by atoms with van der Waals surface area (Å²) in [4.78, 5) is 26.8. The smallest absolute Gasteiger partial charge is 0.271 e. The topological polar surface area (TPSA) is 88.9 Å². The molecule has 2 amide bonds. The molecule has 0 saturated carbocycles. The van der Waals surface area contributed by atoms with Crippen molar-refractivity contribution in [3.63, 3.8) is 0 Å².